The summed E-state index contributed by atoms with van der Waals surface area (Å²) < 4.78 is 59.7. The molecule has 15 N–H and O–H groups in total. The van der Waals surface area contributed by atoms with E-state index in [-0.39, 0.29) is 17.8 Å². The van der Waals surface area contributed by atoms with E-state index in [0.29, 0.717) is 51.4 Å². The van der Waals surface area contributed by atoms with E-state index in [1.807, 2.05) is 6.92 Å². The zero-order valence-corrected chi connectivity index (χ0v) is 48.5. The highest BCUT2D eigenvalue weighted by Gasteiger charge is 2.73. The van der Waals surface area contributed by atoms with Crippen molar-refractivity contribution in [1.29, 1.82) is 0 Å². The zero-order valence-electron chi connectivity index (χ0n) is 48.5. The predicted octanol–water partition coefficient (Wildman–Crippen LogP) is -3.23. The van der Waals surface area contributed by atoms with Crippen LogP contribution in [0.25, 0.3) is 0 Å². The molecule has 0 amide bonds. The highest BCUT2D eigenvalue weighted by atomic mass is 16.8. The highest BCUT2D eigenvalue weighted by molar-refractivity contribution is 5.79. The molecule has 4 saturated carbocycles. The van der Waals surface area contributed by atoms with Crippen molar-refractivity contribution in [2.75, 3.05) is 33.0 Å². The summed E-state index contributed by atoms with van der Waals surface area (Å²) in [5.74, 6) is -3.06. The van der Waals surface area contributed by atoms with Crippen LogP contribution in [0.3, 0.4) is 0 Å². The number of carboxylic acids is 1. The number of carboxylic acid groups (broad SMARTS) is 1. The second kappa shape index (κ2) is 23.2. The Kier molecular flexibility index (Phi) is 17.9. The third-order valence-corrected chi connectivity index (χ3v) is 22.5. The van der Waals surface area contributed by atoms with E-state index in [0.717, 1.165) is 5.57 Å². The molecule has 0 unspecified atom stereocenters. The molecule has 9 fully saturated rings. The Morgan fingerprint density at radius 2 is 1.24 bits per heavy atom. The van der Waals surface area contributed by atoms with Gasteiger partial charge >= 0.3 is 11.9 Å². The summed E-state index contributed by atoms with van der Waals surface area (Å²) in [6, 6.07) is 0. The second-order valence-electron chi connectivity index (χ2n) is 27.8. The summed E-state index contributed by atoms with van der Waals surface area (Å²) in [7, 11) is 0. The lowest BCUT2D eigenvalue weighted by Crippen LogP contribution is -2.70. The first-order chi connectivity index (χ1) is 39.3. The Morgan fingerprint density at radius 3 is 1.89 bits per heavy atom. The maximum Gasteiger partial charge on any atom is 0.315 e. The normalized spacial score (nSPS) is 54.7. The van der Waals surface area contributed by atoms with Crippen LogP contribution in [0, 0.1) is 50.2 Å². The number of aliphatic hydroxyl groups excluding tert-OH is 13. The maximum atomic E-state index is 15.5. The average molecular weight is 1210 g/mol. The smallest absolute Gasteiger partial charge is 0.315 e. The minimum Gasteiger partial charge on any atom is -0.481 e. The molecule has 5 saturated heterocycles. The average Bonchev–Trinajstić information content (AvgIpc) is 0.740. The van der Waals surface area contributed by atoms with Crippen molar-refractivity contribution >= 4 is 11.9 Å². The SMILES string of the molecule is C[C@@H]1O[C@@H](O[C@H]2[C@H](OC(=O)[C@]34CCC(C)(C)C[C@H]3C3=CC[C@@H]5[C@@]6(C)C[C@H](O)[C@H](O[C@@H]7O[C@H](CO)[C@@H](O)[C@H](O)[C@H]7O)[C@@](C)(C(=O)O)[C@@H]6CC[C@@]5(C)[C@]3(C)CC4)OC[C@H](O)[C@@H]2O)[C@H](O)[C@H](O[C@@H]2OC[C@](O)(CO)[C@H]2O)[C@H]1O[C@@H]1OC[C@@H](O)[C@H](O)[C@H]1O. The lowest BCUT2D eigenvalue weighted by Gasteiger charge is -2.71. The Bertz CT molecular complexity index is 2420. The minimum absolute atomic E-state index is 0.104. The number of carbonyl (C=O) groups excluding carboxylic acids is 1. The molecular weight excluding hydrogens is 1120 g/mol. The van der Waals surface area contributed by atoms with Gasteiger partial charge in [0.25, 0.3) is 0 Å². The van der Waals surface area contributed by atoms with Gasteiger partial charge in [0.1, 0.15) is 91.1 Å². The predicted molar refractivity (Wildman–Crippen MR) is 279 cm³/mol. The Morgan fingerprint density at radius 1 is 0.619 bits per heavy atom. The zero-order chi connectivity index (χ0) is 61.3. The van der Waals surface area contributed by atoms with Crippen molar-refractivity contribution in [3.05, 3.63) is 11.6 Å². The van der Waals surface area contributed by atoms with Gasteiger partial charge < -0.3 is 124 Å². The summed E-state index contributed by atoms with van der Waals surface area (Å²) in [5, 5.41) is 163. The Hall–Kier alpha value is -2.24. The first-order valence-electron chi connectivity index (χ1n) is 29.6. The Labute approximate surface area is 486 Å². The van der Waals surface area contributed by atoms with Crippen molar-refractivity contribution in [3.8, 4) is 0 Å². The first kappa shape index (κ1) is 64.7. The van der Waals surface area contributed by atoms with Gasteiger partial charge in [-0.05, 0) is 111 Å². The van der Waals surface area contributed by atoms with Crippen LogP contribution in [0.5, 0.6) is 0 Å². The van der Waals surface area contributed by atoms with Gasteiger partial charge in [-0.25, -0.2) is 0 Å². The van der Waals surface area contributed by atoms with Crippen LogP contribution in [-0.2, 0) is 57.0 Å². The molecule has 27 heteroatoms. The molecule has 5 aliphatic carbocycles. The van der Waals surface area contributed by atoms with Crippen LogP contribution in [-0.4, -0.2) is 262 Å². The van der Waals surface area contributed by atoms with Crippen molar-refractivity contribution in [2.45, 2.75) is 247 Å². The molecule has 480 valence electrons. The quantitative estimate of drug-likeness (QED) is 0.0490. The molecule has 27 nitrogen and oxygen atoms in total. The molecular formula is C57H90O27. The monoisotopic (exact) mass is 1210 g/mol. The third kappa shape index (κ3) is 10.3. The standard InChI is InChI=1S/C57H90O27/c1-23-39(80-44-36(67)32(63)27(61)19-75-44)40(81-48-42(70)57(74,21-59)22-77-48)38(69)46(78-23)82-41-33(64)28(62)20-76-47(41)84-50(73)56-14-12-51(2,3)16-25(56)24-8-9-30-52(4)17-26(60)43(83-45-37(68)35(66)34(65)29(18-58)79-45)55(7,49(71)72)31(52)10-11-54(30,6)53(24,5)13-15-56/h8,23,25-48,58-70,74H,9-22H2,1-7H3,(H,71,72)/t23-,25-,26-,27+,28-,29+,30+,31+,32-,33-,34+,35-,36+,37+,38+,39-,40-,41+,42-,43-,44-,45-,46-,47-,48-,52+,53+,54+,55-,56-,57+/m0/s1. The Balaban J connectivity index is 0.906. The summed E-state index contributed by atoms with van der Waals surface area (Å²) in [4.78, 5) is 29.3. The summed E-state index contributed by atoms with van der Waals surface area (Å²) >= 11 is 0. The lowest BCUT2D eigenvalue weighted by atomic mass is 9.33. The maximum absolute atomic E-state index is 15.5. The number of esters is 1. The minimum atomic E-state index is -2.17. The van der Waals surface area contributed by atoms with Crippen molar-refractivity contribution in [2.24, 2.45) is 50.2 Å². The molecule has 0 radical (unpaired) electrons. The second-order valence-corrected chi connectivity index (χ2v) is 27.8. The summed E-state index contributed by atoms with van der Waals surface area (Å²) in [6.07, 6.45) is -30.2. The number of rotatable bonds is 13. The van der Waals surface area contributed by atoms with Crippen molar-refractivity contribution in [1.82, 2.24) is 0 Å². The molecule has 0 spiro atoms. The first-order valence-corrected chi connectivity index (χ1v) is 29.6. The topological polar surface area (TPSA) is 430 Å². The van der Waals surface area contributed by atoms with Gasteiger partial charge in [-0.3, -0.25) is 9.59 Å². The fourth-order valence-electron chi connectivity index (χ4n) is 17.2. The molecule has 0 aromatic carbocycles. The van der Waals surface area contributed by atoms with Crippen LogP contribution in [0.2, 0.25) is 0 Å². The van der Waals surface area contributed by atoms with E-state index in [2.05, 4.69) is 33.8 Å². The van der Waals surface area contributed by atoms with E-state index in [9.17, 15) is 81.4 Å². The molecule has 10 rings (SSSR count). The molecule has 10 aliphatic rings. The van der Waals surface area contributed by atoms with Gasteiger partial charge in [0.05, 0.1) is 56.1 Å². The largest absolute Gasteiger partial charge is 0.481 e. The van der Waals surface area contributed by atoms with Gasteiger partial charge in [-0.15, -0.1) is 0 Å². The number of carbonyl (C=O) groups is 2. The van der Waals surface area contributed by atoms with Gasteiger partial charge in [-0.1, -0.05) is 46.3 Å². The van der Waals surface area contributed by atoms with Crippen molar-refractivity contribution in [3.63, 3.8) is 0 Å². The van der Waals surface area contributed by atoms with Crippen LogP contribution in [0.4, 0.5) is 0 Å². The van der Waals surface area contributed by atoms with Crippen LogP contribution in [0.1, 0.15) is 106 Å². The number of ether oxygens (including phenoxy) is 10. The van der Waals surface area contributed by atoms with Crippen LogP contribution < -0.4 is 0 Å². The number of aliphatic carboxylic acids is 1. The van der Waals surface area contributed by atoms with E-state index >= 15 is 4.79 Å². The van der Waals surface area contributed by atoms with E-state index < -0.39 is 225 Å². The van der Waals surface area contributed by atoms with Crippen LogP contribution >= 0.6 is 0 Å². The van der Waals surface area contributed by atoms with Gasteiger partial charge in [-0.2, -0.15) is 0 Å². The van der Waals surface area contributed by atoms with E-state index in [4.69, 9.17) is 47.4 Å². The molecule has 0 aromatic heterocycles. The molecule has 0 bridgehead atoms. The third-order valence-electron chi connectivity index (χ3n) is 22.5. The summed E-state index contributed by atoms with van der Waals surface area (Å²) in [6.45, 7) is 10.5. The summed E-state index contributed by atoms with van der Waals surface area (Å²) in [5.41, 5.74) is -6.18. The van der Waals surface area contributed by atoms with Crippen molar-refractivity contribution < 1.29 is 134 Å². The molecule has 31 atom stereocenters. The number of hydrogen-bond acceptors (Lipinski definition) is 26. The van der Waals surface area contributed by atoms with E-state index in [1.54, 1.807) is 0 Å². The van der Waals surface area contributed by atoms with Gasteiger partial charge in [0, 0.05) is 0 Å². The van der Waals surface area contributed by atoms with Crippen LogP contribution in [0.15, 0.2) is 11.6 Å². The highest BCUT2D eigenvalue weighted by Crippen LogP contribution is 2.76. The molecule has 0 aromatic rings. The number of allylic oxidation sites excluding steroid dienone is 2. The molecule has 5 heterocycles. The number of fused-ring (bicyclic) bond motifs is 7. The fraction of sp³-hybridized carbons (Fsp3) is 0.930. The molecule has 84 heavy (non-hydrogen) atoms. The number of hydrogen-bond donors (Lipinski definition) is 15. The van der Waals surface area contributed by atoms with Gasteiger partial charge in [0.2, 0.25) is 6.29 Å². The van der Waals surface area contributed by atoms with E-state index in [1.165, 1.54) is 13.8 Å². The lowest BCUT2D eigenvalue weighted by molar-refractivity contribution is -0.381. The van der Waals surface area contributed by atoms with Gasteiger partial charge in [0.15, 0.2) is 31.3 Å². The fourth-order valence-corrected chi connectivity index (χ4v) is 17.2. The molecule has 5 aliphatic heterocycles. The number of aliphatic hydroxyl groups is 14.